The van der Waals surface area contributed by atoms with Crippen LogP contribution in [0.25, 0.3) is 0 Å². The molecule has 0 spiro atoms. The third-order valence-electron chi connectivity index (χ3n) is 3.50. The predicted molar refractivity (Wildman–Crippen MR) is 94.2 cm³/mol. The van der Waals surface area contributed by atoms with E-state index in [0.717, 1.165) is 30.7 Å². The normalized spacial score (nSPS) is 10.9. The van der Waals surface area contributed by atoms with E-state index >= 15 is 0 Å². The monoisotopic (exact) mass is 310 g/mol. The Balaban J connectivity index is 1.81. The summed E-state index contributed by atoms with van der Waals surface area (Å²) in [5, 5.41) is 6.53. The van der Waals surface area contributed by atoms with E-state index in [-0.39, 0.29) is 5.54 Å². The Kier molecular flexibility index (Phi) is 6.35. The van der Waals surface area contributed by atoms with Gasteiger partial charge in [-0.1, -0.05) is 30.3 Å². The summed E-state index contributed by atoms with van der Waals surface area (Å²) in [6, 6.07) is 18.0. The van der Waals surface area contributed by atoms with Crippen LogP contribution in [0.5, 0.6) is 5.75 Å². The summed E-state index contributed by atoms with van der Waals surface area (Å²) in [4.78, 5) is 0. The third kappa shape index (κ3) is 6.24. The number of ether oxygens (including phenoxy) is 1. The molecular weight excluding hydrogens is 287 g/mol. The molecule has 0 aliphatic heterocycles. The van der Waals surface area contributed by atoms with E-state index in [9.17, 15) is 4.70 Å². The second-order valence-electron chi connectivity index (χ2n) is 6.08. The number of hydrogen-bond donors (Lipinski definition) is 2. The van der Waals surface area contributed by atoms with Gasteiger partial charge in [-0.2, -0.15) is 0 Å². The van der Waals surface area contributed by atoms with Gasteiger partial charge in [-0.25, -0.2) is 0 Å². The Hall–Kier alpha value is -2.14. The average molecular weight is 310 g/mol. The second-order valence-corrected chi connectivity index (χ2v) is 6.08. The summed E-state index contributed by atoms with van der Waals surface area (Å²) in [6.45, 7) is 5.41. The topological polar surface area (TPSA) is 50.4 Å². The molecule has 0 fully saturated rings. The molecule has 5 heteroatoms. The van der Waals surface area contributed by atoms with Crippen LogP contribution in [-0.4, -0.2) is 25.7 Å². The Labute approximate surface area is 138 Å². The van der Waals surface area contributed by atoms with Crippen molar-refractivity contribution in [3.05, 3.63) is 60.2 Å². The summed E-state index contributed by atoms with van der Waals surface area (Å²) in [6.07, 6.45) is 0.362. The molecule has 2 N–H and O–H groups in total. The molecule has 0 radical (unpaired) electrons. The SMILES string of the molecule is CC(C)(CNc1ccc(OCc2ccccc2)cc1)NCB=O. The Morgan fingerprint density at radius 3 is 2.39 bits per heavy atom. The van der Waals surface area contributed by atoms with Gasteiger partial charge in [-0.15, -0.1) is 0 Å². The van der Waals surface area contributed by atoms with Crippen LogP contribution in [0, 0.1) is 0 Å². The van der Waals surface area contributed by atoms with Gasteiger partial charge >= 0.3 is 107 Å². The van der Waals surface area contributed by atoms with E-state index in [4.69, 9.17) is 4.74 Å². The average Bonchev–Trinajstić information content (AvgIpc) is 2.58. The first-order valence-electron chi connectivity index (χ1n) is 7.78. The summed E-state index contributed by atoms with van der Waals surface area (Å²) < 4.78 is 16.2. The van der Waals surface area contributed by atoms with Gasteiger partial charge in [0.2, 0.25) is 0 Å². The van der Waals surface area contributed by atoms with Crippen LogP contribution in [0.15, 0.2) is 54.6 Å². The number of rotatable bonds is 9. The molecule has 0 atom stereocenters. The van der Waals surface area contributed by atoms with E-state index in [1.54, 1.807) is 0 Å². The molecule has 0 amide bonds. The maximum atomic E-state index is 10.4. The first-order chi connectivity index (χ1) is 11.1. The zero-order valence-corrected chi connectivity index (χ0v) is 13.7. The van der Waals surface area contributed by atoms with Crippen LogP contribution < -0.4 is 15.4 Å². The zero-order valence-electron chi connectivity index (χ0n) is 13.7. The molecule has 120 valence electrons. The van der Waals surface area contributed by atoms with Gasteiger partial charge in [0.15, 0.2) is 0 Å². The molecular formula is C18H23BN2O2. The molecule has 0 saturated carbocycles. The number of anilines is 1. The van der Waals surface area contributed by atoms with E-state index < -0.39 is 0 Å². The van der Waals surface area contributed by atoms with Crippen molar-refractivity contribution in [1.29, 1.82) is 0 Å². The first kappa shape index (κ1) is 17.2. The number of hydrogen-bond acceptors (Lipinski definition) is 4. The maximum absolute atomic E-state index is 10.4. The summed E-state index contributed by atoms with van der Waals surface area (Å²) in [5.41, 5.74) is 2.03. The second kappa shape index (κ2) is 8.49. The van der Waals surface area contributed by atoms with Crippen molar-refractivity contribution >= 4 is 12.8 Å². The fourth-order valence-electron chi connectivity index (χ4n) is 2.11. The van der Waals surface area contributed by atoms with E-state index in [0.29, 0.717) is 13.1 Å². The first-order valence-corrected chi connectivity index (χ1v) is 7.78. The quantitative estimate of drug-likeness (QED) is 0.699. The van der Waals surface area contributed by atoms with Crippen molar-refractivity contribution in [2.45, 2.75) is 26.0 Å². The van der Waals surface area contributed by atoms with Gasteiger partial charge in [0.25, 0.3) is 0 Å². The van der Waals surface area contributed by atoms with Gasteiger partial charge in [-0.3, -0.25) is 0 Å². The molecule has 0 aromatic heterocycles. The van der Waals surface area contributed by atoms with Crippen molar-refractivity contribution in [2.24, 2.45) is 0 Å². The minimum atomic E-state index is -0.149. The van der Waals surface area contributed by atoms with Gasteiger partial charge in [0, 0.05) is 0 Å². The summed E-state index contributed by atoms with van der Waals surface area (Å²) in [5.74, 6) is 0.845. The van der Waals surface area contributed by atoms with Gasteiger partial charge in [-0.05, 0) is 0 Å². The molecule has 0 aliphatic carbocycles. The minimum absolute atomic E-state index is 0.149. The van der Waals surface area contributed by atoms with Crippen molar-refractivity contribution in [3.63, 3.8) is 0 Å². The van der Waals surface area contributed by atoms with Crippen LogP contribution >= 0.6 is 0 Å². The molecule has 2 aromatic rings. The Bertz CT molecular complexity index is 600. The van der Waals surface area contributed by atoms with Gasteiger partial charge in [0.05, 0.1) is 0 Å². The van der Waals surface area contributed by atoms with Crippen LogP contribution in [0.3, 0.4) is 0 Å². The molecule has 2 aromatic carbocycles. The van der Waals surface area contributed by atoms with Crippen LogP contribution in [0.1, 0.15) is 19.4 Å². The zero-order chi connectivity index (χ0) is 16.5. The number of nitrogens with one attached hydrogen (secondary N) is 2. The number of benzene rings is 2. The van der Waals surface area contributed by atoms with E-state index in [2.05, 4.69) is 24.5 Å². The Morgan fingerprint density at radius 2 is 1.74 bits per heavy atom. The predicted octanol–water partition coefficient (Wildman–Crippen LogP) is 3.05. The summed E-state index contributed by atoms with van der Waals surface area (Å²) >= 11 is 0. The van der Waals surface area contributed by atoms with Crippen molar-refractivity contribution in [2.75, 3.05) is 18.3 Å². The molecule has 0 bridgehead atoms. The standard InChI is InChI=1S/C18H23BN2O2/c1-18(2,21-14-19-22)13-20-16-8-10-17(11-9-16)23-12-15-6-4-3-5-7-15/h3-11,20-21H,12-14H2,1-2H3. The molecule has 0 heterocycles. The molecule has 0 unspecified atom stereocenters. The Morgan fingerprint density at radius 1 is 1.04 bits per heavy atom. The van der Waals surface area contributed by atoms with Crippen molar-refractivity contribution in [1.82, 2.24) is 5.32 Å². The van der Waals surface area contributed by atoms with Crippen molar-refractivity contribution in [3.8, 4) is 5.75 Å². The van der Waals surface area contributed by atoms with Crippen LogP contribution in [0.2, 0.25) is 0 Å². The van der Waals surface area contributed by atoms with Gasteiger partial charge < -0.3 is 0 Å². The van der Waals surface area contributed by atoms with Crippen LogP contribution in [0.4, 0.5) is 5.69 Å². The molecule has 23 heavy (non-hydrogen) atoms. The molecule has 2 rings (SSSR count). The fourth-order valence-corrected chi connectivity index (χ4v) is 2.11. The van der Waals surface area contributed by atoms with Crippen molar-refractivity contribution < 1.29 is 9.44 Å². The molecule has 4 nitrogen and oxygen atoms in total. The molecule has 0 aliphatic rings. The van der Waals surface area contributed by atoms with Crippen LogP contribution in [-0.2, 0) is 11.3 Å². The fraction of sp³-hybridized carbons (Fsp3) is 0.333. The molecule has 0 saturated heterocycles. The van der Waals surface area contributed by atoms with E-state index in [1.165, 1.54) is 0 Å². The summed E-state index contributed by atoms with van der Waals surface area (Å²) in [7, 11) is 0.876. The van der Waals surface area contributed by atoms with E-state index in [1.807, 2.05) is 54.6 Å². The van der Waals surface area contributed by atoms with Gasteiger partial charge in [0.1, 0.15) is 0 Å². The third-order valence-corrected chi connectivity index (χ3v) is 3.50.